The summed E-state index contributed by atoms with van der Waals surface area (Å²) >= 11 is 0. The van der Waals surface area contributed by atoms with Crippen molar-refractivity contribution in [2.45, 2.75) is 31.3 Å². The highest BCUT2D eigenvalue weighted by Crippen LogP contribution is 2.21. The zero-order valence-corrected chi connectivity index (χ0v) is 15.8. The van der Waals surface area contributed by atoms with Crippen molar-refractivity contribution >= 4 is 30.0 Å². The van der Waals surface area contributed by atoms with Gasteiger partial charge < -0.3 is 26.0 Å². The van der Waals surface area contributed by atoms with Crippen molar-refractivity contribution in [2.24, 2.45) is 11.7 Å². The molecule has 2 unspecified atom stereocenters. The summed E-state index contributed by atoms with van der Waals surface area (Å²) in [5, 5.41) is 5.50. The predicted octanol–water partition coefficient (Wildman–Crippen LogP) is 1.72. The van der Waals surface area contributed by atoms with Crippen molar-refractivity contribution in [1.29, 1.82) is 0 Å². The summed E-state index contributed by atoms with van der Waals surface area (Å²) in [6.07, 6.45) is 2.30. The third-order valence-electron chi connectivity index (χ3n) is 5.00. The standard InChI is InChI=1S/C18H25FN4O3.ClH/c19-13-1-3-14(4-2-13)21-18(25)22-15-5-8-23(11-15)17(24)16(20)12-6-9-26-10-7-12;/h1-4,12,15-16H,5-11,20H2,(H2,21,22,25);1H. The summed E-state index contributed by atoms with van der Waals surface area (Å²) in [5.74, 6) is -0.257. The minimum atomic E-state index is -0.509. The van der Waals surface area contributed by atoms with E-state index in [4.69, 9.17) is 10.5 Å². The van der Waals surface area contributed by atoms with Gasteiger partial charge in [0.15, 0.2) is 0 Å². The van der Waals surface area contributed by atoms with Gasteiger partial charge in [-0.15, -0.1) is 12.4 Å². The molecule has 0 bridgehead atoms. The quantitative estimate of drug-likeness (QED) is 0.717. The summed E-state index contributed by atoms with van der Waals surface area (Å²) in [7, 11) is 0. The van der Waals surface area contributed by atoms with E-state index in [9.17, 15) is 14.0 Å². The number of halogens is 2. The molecule has 2 atom stereocenters. The number of rotatable bonds is 4. The average Bonchev–Trinajstić information content (AvgIpc) is 3.11. The van der Waals surface area contributed by atoms with Gasteiger partial charge in [0.1, 0.15) is 5.82 Å². The molecule has 27 heavy (non-hydrogen) atoms. The molecule has 0 saturated carbocycles. The van der Waals surface area contributed by atoms with Gasteiger partial charge in [-0.05, 0) is 49.4 Å². The van der Waals surface area contributed by atoms with E-state index in [0.29, 0.717) is 38.4 Å². The maximum atomic E-state index is 12.9. The molecule has 2 aliphatic heterocycles. The predicted molar refractivity (Wildman–Crippen MR) is 102 cm³/mol. The van der Waals surface area contributed by atoms with E-state index in [1.807, 2.05) is 0 Å². The van der Waals surface area contributed by atoms with Crippen molar-refractivity contribution in [3.05, 3.63) is 30.1 Å². The van der Waals surface area contributed by atoms with E-state index in [1.165, 1.54) is 24.3 Å². The van der Waals surface area contributed by atoms with Crippen LogP contribution in [-0.2, 0) is 9.53 Å². The van der Waals surface area contributed by atoms with Gasteiger partial charge in [0, 0.05) is 38.0 Å². The number of amides is 3. The van der Waals surface area contributed by atoms with Crippen molar-refractivity contribution < 1.29 is 18.7 Å². The minimum Gasteiger partial charge on any atom is -0.381 e. The molecule has 2 saturated heterocycles. The number of ether oxygens (including phenoxy) is 1. The van der Waals surface area contributed by atoms with Gasteiger partial charge in [-0.1, -0.05) is 0 Å². The number of benzene rings is 1. The molecule has 1 aromatic carbocycles. The van der Waals surface area contributed by atoms with Crippen molar-refractivity contribution in [2.75, 3.05) is 31.6 Å². The molecule has 2 heterocycles. The summed E-state index contributed by atoms with van der Waals surface area (Å²) in [5.41, 5.74) is 6.67. The maximum Gasteiger partial charge on any atom is 0.319 e. The Morgan fingerprint density at radius 2 is 1.85 bits per heavy atom. The number of carbonyl (C=O) groups excluding carboxylic acids is 2. The summed E-state index contributed by atoms with van der Waals surface area (Å²) < 4.78 is 18.2. The van der Waals surface area contributed by atoms with Gasteiger partial charge in [0.2, 0.25) is 5.91 Å². The smallest absolute Gasteiger partial charge is 0.319 e. The van der Waals surface area contributed by atoms with Crippen LogP contribution in [-0.4, -0.2) is 55.2 Å². The first kappa shape index (κ1) is 21.4. The summed E-state index contributed by atoms with van der Waals surface area (Å²) in [6.45, 7) is 2.34. The van der Waals surface area contributed by atoms with Crippen LogP contribution in [0.1, 0.15) is 19.3 Å². The Hall–Kier alpha value is -1.90. The van der Waals surface area contributed by atoms with Crippen LogP contribution >= 0.6 is 12.4 Å². The van der Waals surface area contributed by atoms with Crippen LogP contribution in [0.25, 0.3) is 0 Å². The van der Waals surface area contributed by atoms with Crippen LogP contribution in [0.15, 0.2) is 24.3 Å². The molecule has 0 radical (unpaired) electrons. The molecule has 2 aliphatic rings. The molecule has 9 heteroatoms. The van der Waals surface area contributed by atoms with E-state index in [-0.39, 0.29) is 42.1 Å². The Bertz CT molecular complexity index is 640. The van der Waals surface area contributed by atoms with E-state index < -0.39 is 6.04 Å². The molecule has 0 spiro atoms. The highest BCUT2D eigenvalue weighted by atomic mass is 35.5. The number of likely N-dealkylation sites (tertiary alicyclic amines) is 1. The first-order chi connectivity index (χ1) is 12.5. The fourth-order valence-electron chi connectivity index (χ4n) is 3.45. The average molecular weight is 401 g/mol. The molecule has 4 N–H and O–H groups in total. The Balaban J connectivity index is 0.00000261. The third kappa shape index (κ3) is 5.79. The largest absolute Gasteiger partial charge is 0.381 e. The molecule has 0 aliphatic carbocycles. The SMILES string of the molecule is Cl.NC(C(=O)N1CCC(NC(=O)Nc2ccc(F)cc2)C1)C1CCOCC1. The maximum absolute atomic E-state index is 12.9. The van der Waals surface area contributed by atoms with Gasteiger partial charge in [0.25, 0.3) is 0 Å². The second-order valence-corrected chi connectivity index (χ2v) is 6.85. The van der Waals surface area contributed by atoms with Gasteiger partial charge in [-0.25, -0.2) is 9.18 Å². The van der Waals surface area contributed by atoms with Crippen LogP contribution in [0.5, 0.6) is 0 Å². The van der Waals surface area contributed by atoms with Crippen LogP contribution in [0.2, 0.25) is 0 Å². The van der Waals surface area contributed by atoms with E-state index >= 15 is 0 Å². The Morgan fingerprint density at radius 3 is 2.52 bits per heavy atom. The van der Waals surface area contributed by atoms with Gasteiger partial charge in [0.05, 0.1) is 6.04 Å². The lowest BCUT2D eigenvalue weighted by atomic mass is 9.91. The molecule has 1 aromatic rings. The van der Waals surface area contributed by atoms with Crippen molar-refractivity contribution in [1.82, 2.24) is 10.2 Å². The number of carbonyl (C=O) groups is 2. The third-order valence-corrected chi connectivity index (χ3v) is 5.00. The van der Waals surface area contributed by atoms with Crippen molar-refractivity contribution in [3.63, 3.8) is 0 Å². The van der Waals surface area contributed by atoms with Crippen molar-refractivity contribution in [3.8, 4) is 0 Å². The zero-order chi connectivity index (χ0) is 18.5. The number of urea groups is 1. The second-order valence-electron chi connectivity index (χ2n) is 6.85. The molecular weight excluding hydrogens is 375 g/mol. The fraction of sp³-hybridized carbons (Fsp3) is 0.556. The molecule has 150 valence electrons. The van der Waals surface area contributed by atoms with E-state index in [2.05, 4.69) is 10.6 Å². The number of nitrogens with one attached hydrogen (secondary N) is 2. The second kappa shape index (κ2) is 9.87. The highest BCUT2D eigenvalue weighted by molar-refractivity contribution is 5.89. The van der Waals surface area contributed by atoms with Crippen LogP contribution in [0, 0.1) is 11.7 Å². The van der Waals surface area contributed by atoms with E-state index in [0.717, 1.165) is 12.8 Å². The van der Waals surface area contributed by atoms with Gasteiger partial charge in [-0.3, -0.25) is 4.79 Å². The molecule has 2 fully saturated rings. The molecule has 3 amide bonds. The van der Waals surface area contributed by atoms with Gasteiger partial charge >= 0.3 is 6.03 Å². The zero-order valence-electron chi connectivity index (χ0n) is 15.0. The molecule has 3 rings (SSSR count). The Kier molecular flexibility index (Phi) is 7.82. The molecule has 7 nitrogen and oxygen atoms in total. The van der Waals surface area contributed by atoms with Crippen LogP contribution < -0.4 is 16.4 Å². The lowest BCUT2D eigenvalue weighted by molar-refractivity contribution is -0.133. The minimum absolute atomic E-state index is 0. The van der Waals surface area contributed by atoms with Crippen LogP contribution in [0.3, 0.4) is 0 Å². The fourth-order valence-corrected chi connectivity index (χ4v) is 3.45. The highest BCUT2D eigenvalue weighted by Gasteiger charge is 2.34. The lowest BCUT2D eigenvalue weighted by Crippen LogP contribution is -2.49. The molecular formula is C18H26ClFN4O3. The van der Waals surface area contributed by atoms with E-state index in [1.54, 1.807) is 4.90 Å². The van der Waals surface area contributed by atoms with Crippen LogP contribution in [0.4, 0.5) is 14.9 Å². The number of hydrogen-bond donors (Lipinski definition) is 3. The number of anilines is 1. The Morgan fingerprint density at radius 1 is 1.19 bits per heavy atom. The first-order valence-electron chi connectivity index (χ1n) is 8.98. The molecule has 0 aromatic heterocycles. The van der Waals surface area contributed by atoms with Gasteiger partial charge in [-0.2, -0.15) is 0 Å². The normalized spacial score (nSPS) is 21.3. The topological polar surface area (TPSA) is 96.7 Å². The Labute approximate surface area is 164 Å². The summed E-state index contributed by atoms with van der Waals surface area (Å²) in [4.78, 5) is 26.4. The first-order valence-corrected chi connectivity index (χ1v) is 8.98. The number of hydrogen-bond acceptors (Lipinski definition) is 4. The monoisotopic (exact) mass is 400 g/mol. The summed E-state index contributed by atoms with van der Waals surface area (Å²) in [6, 6.07) is 4.54. The lowest BCUT2D eigenvalue weighted by Gasteiger charge is -2.29. The number of nitrogens with two attached hydrogens (primary N) is 1. The number of nitrogens with zero attached hydrogens (tertiary/aromatic N) is 1.